The zero-order chi connectivity index (χ0) is 10.8. The number of hydrogen-bond donors (Lipinski definition) is 2. The van der Waals surface area contributed by atoms with Crippen molar-refractivity contribution >= 4 is 24.8 Å². The molecule has 1 aliphatic heterocycles. The van der Waals surface area contributed by atoms with Gasteiger partial charge in [0.05, 0.1) is 6.10 Å². The zero-order valence-electron chi connectivity index (χ0n) is 9.57. The second-order valence-electron chi connectivity index (χ2n) is 4.20. The molecule has 0 unspecified atom stereocenters. The predicted molar refractivity (Wildman–Crippen MR) is 73.5 cm³/mol. The number of rotatable bonds is 3. The fraction of sp³-hybridized carbons (Fsp3) is 0.636. The van der Waals surface area contributed by atoms with Crippen molar-refractivity contribution in [1.29, 1.82) is 0 Å². The van der Waals surface area contributed by atoms with E-state index in [4.69, 9.17) is 5.73 Å². The number of aliphatic hydroxyl groups excluding tert-OH is 1. The summed E-state index contributed by atoms with van der Waals surface area (Å²) in [5, 5.41) is 11.7. The van der Waals surface area contributed by atoms with E-state index in [1.54, 1.807) is 0 Å². The second kappa shape index (κ2) is 6.02. The van der Waals surface area contributed by atoms with Crippen molar-refractivity contribution in [2.75, 3.05) is 19.6 Å². The second-order valence-corrected chi connectivity index (χ2v) is 5.16. The smallest absolute Gasteiger partial charge is 0.0789 e. The average molecular weight is 260 g/mol. The van der Waals surface area contributed by atoms with Gasteiger partial charge in [-0.2, -0.15) is 13.5 Å². The molecule has 0 amide bonds. The Bertz CT molecular complexity index is 341. The van der Waals surface area contributed by atoms with Gasteiger partial charge in [0.15, 0.2) is 0 Å². The molecule has 1 aliphatic rings. The summed E-state index contributed by atoms with van der Waals surface area (Å²) in [6.45, 7) is 5.26. The zero-order valence-corrected chi connectivity index (χ0v) is 11.4. The highest BCUT2D eigenvalue weighted by Gasteiger charge is 2.20. The molecule has 0 bridgehead atoms. The van der Waals surface area contributed by atoms with Crippen LogP contribution in [-0.4, -0.2) is 35.7 Å². The van der Waals surface area contributed by atoms with E-state index in [1.807, 2.05) is 11.3 Å². The summed E-state index contributed by atoms with van der Waals surface area (Å²) >= 11 is 1.84. The Morgan fingerprint density at radius 2 is 2.38 bits per heavy atom. The first kappa shape index (κ1) is 14.0. The number of nitrogens with zero attached hydrogens (tertiary/aromatic N) is 1. The van der Waals surface area contributed by atoms with E-state index >= 15 is 0 Å². The van der Waals surface area contributed by atoms with E-state index in [1.165, 1.54) is 16.0 Å². The van der Waals surface area contributed by atoms with Crippen LogP contribution in [-0.2, 0) is 13.0 Å². The van der Waals surface area contributed by atoms with Crippen molar-refractivity contribution in [3.8, 4) is 0 Å². The normalized spacial score (nSPS) is 17.7. The third kappa shape index (κ3) is 2.99. The van der Waals surface area contributed by atoms with Crippen molar-refractivity contribution in [3.63, 3.8) is 0 Å². The van der Waals surface area contributed by atoms with Crippen molar-refractivity contribution in [3.05, 3.63) is 21.4 Å². The van der Waals surface area contributed by atoms with Crippen molar-refractivity contribution in [2.45, 2.75) is 26.0 Å². The molecule has 16 heavy (non-hydrogen) atoms. The maximum Gasteiger partial charge on any atom is 0.0789 e. The molecule has 0 spiro atoms. The monoisotopic (exact) mass is 260 g/mol. The molecule has 0 fully saturated rings. The molecular weight excluding hydrogens is 240 g/mol. The van der Waals surface area contributed by atoms with Gasteiger partial charge in [0, 0.05) is 31.1 Å². The molecule has 0 aliphatic carbocycles. The lowest BCUT2D eigenvalue weighted by molar-refractivity contribution is 0.112. The topological polar surface area (TPSA) is 49.5 Å². The van der Waals surface area contributed by atoms with Gasteiger partial charge >= 0.3 is 0 Å². The minimum Gasteiger partial charge on any atom is -0.390 e. The molecule has 1 aromatic heterocycles. The van der Waals surface area contributed by atoms with Crippen LogP contribution in [0.5, 0.6) is 0 Å². The summed E-state index contributed by atoms with van der Waals surface area (Å²) in [4.78, 5) is 3.75. The molecule has 3 N–H and O–H groups in total. The van der Waals surface area contributed by atoms with E-state index in [0.29, 0.717) is 13.1 Å². The van der Waals surface area contributed by atoms with Gasteiger partial charge < -0.3 is 10.8 Å². The number of nitrogens with two attached hydrogens (primary N) is 1. The van der Waals surface area contributed by atoms with E-state index in [9.17, 15) is 5.11 Å². The van der Waals surface area contributed by atoms with Crippen LogP contribution in [0.2, 0.25) is 0 Å². The Balaban J connectivity index is 0.00000128. The van der Waals surface area contributed by atoms with Gasteiger partial charge in [-0.25, -0.2) is 0 Å². The fourth-order valence-corrected chi connectivity index (χ4v) is 3.20. The molecule has 3 nitrogen and oxygen atoms in total. The average Bonchev–Trinajstić information content (AvgIpc) is 2.60. The van der Waals surface area contributed by atoms with Crippen LogP contribution in [0.25, 0.3) is 0 Å². The predicted octanol–water partition coefficient (Wildman–Crippen LogP) is 0.847. The Morgan fingerprint density at radius 1 is 1.62 bits per heavy atom. The molecule has 1 atom stereocenters. The summed E-state index contributed by atoms with van der Waals surface area (Å²) in [6.07, 6.45) is 0.731. The molecule has 0 radical (unpaired) electrons. The summed E-state index contributed by atoms with van der Waals surface area (Å²) in [6, 6.07) is 0. The van der Waals surface area contributed by atoms with Gasteiger partial charge in [-0.15, -0.1) is 11.3 Å². The molecule has 5 heteroatoms. The van der Waals surface area contributed by atoms with E-state index in [0.717, 1.165) is 19.5 Å². The summed E-state index contributed by atoms with van der Waals surface area (Å²) in [5.41, 5.74) is 8.37. The number of aryl methyl sites for hydroxylation is 1. The van der Waals surface area contributed by atoms with E-state index in [2.05, 4.69) is 17.2 Å². The number of thiophene rings is 1. The molecule has 92 valence electrons. The molecule has 0 saturated heterocycles. The quantitative estimate of drug-likeness (QED) is 0.847. The fourth-order valence-electron chi connectivity index (χ4n) is 2.07. The Labute approximate surface area is 108 Å². The largest absolute Gasteiger partial charge is 0.390 e. The number of β-amino-alcohol motifs (C(OH)–C–C–N with tert-alkyl or cyclic N) is 1. The van der Waals surface area contributed by atoms with Gasteiger partial charge in [-0.1, -0.05) is 0 Å². The third-order valence-electron chi connectivity index (χ3n) is 2.98. The summed E-state index contributed by atoms with van der Waals surface area (Å²) < 4.78 is 0. The Morgan fingerprint density at radius 3 is 3.06 bits per heavy atom. The molecule has 0 aromatic carbocycles. The molecule has 2 rings (SSSR count). The maximum absolute atomic E-state index is 9.50. The van der Waals surface area contributed by atoms with Crippen molar-refractivity contribution in [1.82, 2.24) is 4.90 Å². The van der Waals surface area contributed by atoms with Gasteiger partial charge in [0.1, 0.15) is 0 Å². The van der Waals surface area contributed by atoms with Gasteiger partial charge in [0.25, 0.3) is 0 Å². The van der Waals surface area contributed by atoms with Crippen LogP contribution in [0.4, 0.5) is 0 Å². The van der Waals surface area contributed by atoms with Gasteiger partial charge in [0.2, 0.25) is 0 Å². The van der Waals surface area contributed by atoms with Crippen molar-refractivity contribution in [2.24, 2.45) is 5.73 Å². The van der Waals surface area contributed by atoms with Crippen LogP contribution in [0.15, 0.2) is 5.38 Å². The summed E-state index contributed by atoms with van der Waals surface area (Å²) in [7, 11) is 0. The summed E-state index contributed by atoms with van der Waals surface area (Å²) in [5.74, 6) is 0. The minimum atomic E-state index is -0.382. The third-order valence-corrected chi connectivity index (χ3v) is 4.11. The number of hydrogen-bond acceptors (Lipinski definition) is 4. The van der Waals surface area contributed by atoms with Gasteiger partial charge in [-0.05, 0) is 29.9 Å². The maximum atomic E-state index is 9.50. The highest BCUT2D eigenvalue weighted by molar-refractivity contribution is 7.59. The first-order valence-electron chi connectivity index (χ1n) is 5.37. The lowest BCUT2D eigenvalue weighted by Gasteiger charge is -2.28. The first-order chi connectivity index (χ1) is 7.20. The van der Waals surface area contributed by atoms with Crippen LogP contribution in [0.3, 0.4) is 0 Å². The Kier molecular flexibility index (Phi) is 5.27. The minimum absolute atomic E-state index is 0. The van der Waals surface area contributed by atoms with Crippen molar-refractivity contribution < 1.29 is 5.11 Å². The number of aliphatic hydroxyl groups is 1. The molecule has 0 saturated carbocycles. The first-order valence-corrected chi connectivity index (χ1v) is 6.25. The highest BCUT2D eigenvalue weighted by atomic mass is 32.1. The van der Waals surface area contributed by atoms with Gasteiger partial charge in [-0.3, -0.25) is 4.90 Å². The molecular formula is C11H20N2OS2. The highest BCUT2D eigenvalue weighted by Crippen LogP contribution is 2.27. The van der Waals surface area contributed by atoms with Crippen LogP contribution in [0.1, 0.15) is 16.0 Å². The standard InChI is InChI=1S/C11H18N2OS.H2S/c1-8-7-15-11-6-13(3-2-10(8)11)5-9(14)4-12;/h7,9,14H,2-6,12H2,1H3;1H2/t9-;/m0./s1. The lowest BCUT2D eigenvalue weighted by atomic mass is 10.0. The van der Waals surface area contributed by atoms with Crippen LogP contribution < -0.4 is 5.73 Å². The van der Waals surface area contributed by atoms with E-state index in [-0.39, 0.29) is 19.6 Å². The Hall–Kier alpha value is -0.0700. The number of fused-ring (bicyclic) bond motifs is 1. The molecule has 2 heterocycles. The van der Waals surface area contributed by atoms with E-state index < -0.39 is 0 Å². The van der Waals surface area contributed by atoms with Crippen LogP contribution in [0, 0.1) is 6.92 Å². The SMILES string of the molecule is Cc1csc2c1CCN(C[C@@H](O)CN)C2.S. The van der Waals surface area contributed by atoms with Crippen LogP contribution >= 0.6 is 24.8 Å². The lowest BCUT2D eigenvalue weighted by Crippen LogP contribution is -2.39. The molecule has 1 aromatic rings.